The van der Waals surface area contributed by atoms with Crippen LogP contribution in [0.5, 0.6) is 0 Å². The molecule has 2 fully saturated rings. The van der Waals surface area contributed by atoms with Gasteiger partial charge in [0.15, 0.2) is 5.76 Å². The third kappa shape index (κ3) is 3.44. The predicted octanol–water partition coefficient (Wildman–Crippen LogP) is 2.64. The fourth-order valence-electron chi connectivity index (χ4n) is 3.91. The highest BCUT2D eigenvalue weighted by atomic mass is 16.5. The number of likely N-dealkylation sites (tertiary alicyclic amines) is 1. The predicted molar refractivity (Wildman–Crippen MR) is 95.9 cm³/mol. The molecule has 138 valence electrons. The van der Waals surface area contributed by atoms with Gasteiger partial charge in [0.05, 0.1) is 11.9 Å². The largest absolute Gasteiger partial charge is 0.459 e. The number of hydrogen-bond donors (Lipinski definition) is 1. The van der Waals surface area contributed by atoms with Crippen molar-refractivity contribution >= 4 is 11.9 Å². The molecular weight excluding hydrogens is 332 g/mol. The number of aryl methyl sites for hydroxylation is 1. The Morgan fingerprint density at radius 2 is 2.08 bits per heavy atom. The average molecular weight is 356 g/mol. The van der Waals surface area contributed by atoms with Crippen molar-refractivity contribution in [3.8, 4) is 0 Å². The van der Waals surface area contributed by atoms with Crippen LogP contribution in [0.1, 0.15) is 41.8 Å². The van der Waals surface area contributed by atoms with Gasteiger partial charge in [-0.1, -0.05) is 0 Å². The van der Waals surface area contributed by atoms with Gasteiger partial charge in [-0.3, -0.25) is 4.79 Å². The monoisotopic (exact) mass is 356 g/mol. The first kappa shape index (κ1) is 17.0. The van der Waals surface area contributed by atoms with Gasteiger partial charge in [0, 0.05) is 43.7 Å². The van der Waals surface area contributed by atoms with Crippen LogP contribution in [0.25, 0.3) is 0 Å². The highest BCUT2D eigenvalue weighted by Crippen LogP contribution is 2.36. The first-order valence-corrected chi connectivity index (χ1v) is 9.16. The minimum Gasteiger partial charge on any atom is -0.459 e. The number of ether oxygens (including phenoxy) is 1. The van der Waals surface area contributed by atoms with E-state index in [0.29, 0.717) is 30.8 Å². The summed E-state index contributed by atoms with van der Waals surface area (Å²) in [7, 11) is 0. The van der Waals surface area contributed by atoms with E-state index in [-0.39, 0.29) is 11.5 Å². The number of aromatic nitrogens is 2. The molecule has 2 aromatic rings. The topological polar surface area (TPSA) is 80.5 Å². The number of nitrogens with zero attached hydrogens (tertiary/aromatic N) is 3. The van der Waals surface area contributed by atoms with Crippen LogP contribution in [0, 0.1) is 6.92 Å². The molecule has 1 unspecified atom stereocenters. The number of nitrogens with one attached hydrogen (secondary N) is 1. The molecule has 4 rings (SSSR count). The number of hydrogen-bond acceptors (Lipinski definition) is 6. The van der Waals surface area contributed by atoms with Crippen LogP contribution in [-0.2, 0) is 4.74 Å². The Hall–Kier alpha value is -2.41. The Kier molecular flexibility index (Phi) is 4.63. The maximum Gasteiger partial charge on any atom is 0.289 e. The Balaban J connectivity index is 1.37. The molecule has 2 aliphatic heterocycles. The van der Waals surface area contributed by atoms with E-state index in [9.17, 15) is 4.79 Å². The number of piperidine rings is 1. The molecule has 7 nitrogen and oxygen atoms in total. The first-order chi connectivity index (χ1) is 12.7. The zero-order valence-corrected chi connectivity index (χ0v) is 15.0. The second-order valence-corrected chi connectivity index (χ2v) is 7.16. The lowest BCUT2D eigenvalue weighted by Gasteiger charge is -2.46. The molecule has 7 heteroatoms. The Labute approximate surface area is 152 Å². The van der Waals surface area contributed by atoms with Gasteiger partial charge in [0.2, 0.25) is 5.95 Å². The lowest BCUT2D eigenvalue weighted by Crippen LogP contribution is -2.52. The third-order valence-corrected chi connectivity index (χ3v) is 5.41. The summed E-state index contributed by atoms with van der Waals surface area (Å²) in [5, 5.41) is 3.42. The van der Waals surface area contributed by atoms with Crippen LogP contribution < -0.4 is 5.32 Å². The molecule has 0 saturated carbocycles. The molecule has 26 heavy (non-hydrogen) atoms. The molecule has 0 radical (unpaired) electrons. The molecule has 0 aliphatic carbocycles. The summed E-state index contributed by atoms with van der Waals surface area (Å²) in [5.74, 6) is 1.09. The number of anilines is 1. The van der Waals surface area contributed by atoms with E-state index >= 15 is 0 Å². The molecule has 1 N–H and O–H groups in total. The fraction of sp³-hybridized carbons (Fsp3) is 0.526. The van der Waals surface area contributed by atoms with Crippen LogP contribution in [0.4, 0.5) is 5.95 Å². The molecule has 0 bridgehead atoms. The van der Waals surface area contributed by atoms with Gasteiger partial charge in [0.1, 0.15) is 0 Å². The Morgan fingerprint density at radius 1 is 1.31 bits per heavy atom. The van der Waals surface area contributed by atoms with Crippen molar-refractivity contribution in [3.05, 3.63) is 42.1 Å². The van der Waals surface area contributed by atoms with Crippen molar-refractivity contribution in [2.24, 2.45) is 0 Å². The van der Waals surface area contributed by atoms with Gasteiger partial charge < -0.3 is 19.4 Å². The third-order valence-electron chi connectivity index (χ3n) is 5.41. The molecule has 1 atom stereocenters. The number of furan rings is 1. The van der Waals surface area contributed by atoms with Crippen molar-refractivity contribution in [2.75, 3.05) is 25.0 Å². The highest BCUT2D eigenvalue weighted by molar-refractivity contribution is 5.92. The average Bonchev–Trinajstić information content (AvgIpc) is 3.09. The van der Waals surface area contributed by atoms with Crippen molar-refractivity contribution < 1.29 is 13.9 Å². The van der Waals surface area contributed by atoms with Gasteiger partial charge in [-0.05, 0) is 44.7 Å². The van der Waals surface area contributed by atoms with Gasteiger partial charge in [-0.15, -0.1) is 0 Å². The van der Waals surface area contributed by atoms with Crippen molar-refractivity contribution in [3.63, 3.8) is 0 Å². The van der Waals surface area contributed by atoms with Crippen molar-refractivity contribution in [1.82, 2.24) is 14.9 Å². The van der Waals surface area contributed by atoms with Crippen LogP contribution in [0.2, 0.25) is 0 Å². The lowest BCUT2D eigenvalue weighted by atomic mass is 9.82. The maximum atomic E-state index is 12.6. The van der Waals surface area contributed by atoms with E-state index < -0.39 is 0 Å². The van der Waals surface area contributed by atoms with E-state index in [1.54, 1.807) is 18.7 Å². The molecule has 1 spiro atoms. The summed E-state index contributed by atoms with van der Waals surface area (Å²) in [6.07, 6.45) is 8.58. The van der Waals surface area contributed by atoms with Crippen molar-refractivity contribution in [2.45, 2.75) is 44.2 Å². The normalized spacial score (nSPS) is 22.3. The van der Waals surface area contributed by atoms with Gasteiger partial charge >= 0.3 is 0 Å². The van der Waals surface area contributed by atoms with Crippen molar-refractivity contribution in [1.29, 1.82) is 0 Å². The first-order valence-electron chi connectivity index (χ1n) is 9.16. The van der Waals surface area contributed by atoms with E-state index in [1.807, 2.05) is 24.0 Å². The summed E-state index contributed by atoms with van der Waals surface area (Å²) in [6.45, 7) is 3.99. The zero-order chi connectivity index (χ0) is 18.0. The van der Waals surface area contributed by atoms with Crippen LogP contribution in [0.15, 0.2) is 35.2 Å². The minimum atomic E-state index is -0.167. The molecule has 1 amide bonds. The number of carbonyl (C=O) groups excluding carboxylic acids is 1. The SMILES string of the molecule is Cc1ccoc1C(=O)N1CCC2(CC1)CC(Nc1ncccn1)CCO2. The summed E-state index contributed by atoms with van der Waals surface area (Å²) in [4.78, 5) is 23.0. The van der Waals surface area contributed by atoms with Gasteiger partial charge in [0.25, 0.3) is 5.91 Å². The lowest BCUT2D eigenvalue weighted by molar-refractivity contribution is -0.110. The Morgan fingerprint density at radius 3 is 2.77 bits per heavy atom. The van der Waals surface area contributed by atoms with Gasteiger partial charge in [-0.25, -0.2) is 9.97 Å². The zero-order valence-electron chi connectivity index (χ0n) is 15.0. The van der Waals surface area contributed by atoms with E-state index in [4.69, 9.17) is 9.15 Å². The maximum absolute atomic E-state index is 12.6. The molecule has 4 heterocycles. The van der Waals surface area contributed by atoms with E-state index in [1.165, 1.54) is 0 Å². The van der Waals surface area contributed by atoms with Crippen LogP contribution >= 0.6 is 0 Å². The second kappa shape index (κ2) is 7.07. The summed E-state index contributed by atoms with van der Waals surface area (Å²) in [5.41, 5.74) is 0.719. The Bertz CT molecular complexity index is 753. The van der Waals surface area contributed by atoms with E-state index in [0.717, 1.165) is 37.9 Å². The minimum absolute atomic E-state index is 0.0227. The molecular formula is C19H24N4O3. The molecule has 2 saturated heterocycles. The van der Waals surface area contributed by atoms with Gasteiger partial charge in [-0.2, -0.15) is 0 Å². The standard InChI is InChI=1S/C19H24N4O3/c1-14-3-11-25-16(14)17(24)23-9-5-19(6-10-23)13-15(4-12-26-19)22-18-20-7-2-8-21-18/h2-3,7-8,11,15H,4-6,9-10,12-13H2,1H3,(H,20,21,22). The van der Waals surface area contributed by atoms with Crippen LogP contribution in [0.3, 0.4) is 0 Å². The van der Waals surface area contributed by atoms with E-state index in [2.05, 4.69) is 15.3 Å². The fourth-order valence-corrected chi connectivity index (χ4v) is 3.91. The smallest absolute Gasteiger partial charge is 0.289 e. The second-order valence-electron chi connectivity index (χ2n) is 7.16. The summed E-state index contributed by atoms with van der Waals surface area (Å²) >= 11 is 0. The molecule has 2 aromatic heterocycles. The highest BCUT2D eigenvalue weighted by Gasteiger charge is 2.41. The van der Waals surface area contributed by atoms with Crippen LogP contribution in [-0.4, -0.2) is 52.1 Å². The quantitative estimate of drug-likeness (QED) is 0.911. The number of amides is 1. The molecule has 0 aromatic carbocycles. The summed E-state index contributed by atoms with van der Waals surface area (Å²) < 4.78 is 11.5. The summed E-state index contributed by atoms with van der Waals surface area (Å²) in [6, 6.07) is 3.93. The number of carbonyl (C=O) groups is 1. The number of rotatable bonds is 3. The molecule has 2 aliphatic rings.